The Labute approximate surface area is 276 Å². The van der Waals surface area contributed by atoms with Crippen LogP contribution in [0.2, 0.25) is 0 Å². The Morgan fingerprint density at radius 1 is 0.667 bits per heavy atom. The van der Waals surface area contributed by atoms with Gasteiger partial charge in [-0.05, 0) is 96.5 Å². The van der Waals surface area contributed by atoms with E-state index in [4.69, 9.17) is 15.0 Å². The third-order valence-electron chi connectivity index (χ3n) is 8.67. The Balaban J connectivity index is 0.000000158. The molecule has 0 saturated carbocycles. The Kier molecular flexibility index (Phi) is 8.19. The Morgan fingerprint density at radius 2 is 1.18 bits per heavy atom. The minimum Gasteiger partial charge on any atom is -0.348 e. The molecule has 0 bridgehead atoms. The average molecular weight is 769 g/mol. The molecule has 0 spiro atoms. The molecule has 7 heteroatoms. The first-order valence-electron chi connectivity index (χ1n) is 15.4. The maximum Gasteiger partial charge on any atom is 0.0626 e. The van der Waals surface area contributed by atoms with E-state index in [-0.39, 0.29) is 20.1 Å². The fraction of sp³-hybridized carbons (Fsp3) is 0.263. The van der Waals surface area contributed by atoms with Crippen LogP contribution in [-0.4, -0.2) is 28.7 Å². The smallest absolute Gasteiger partial charge is 0.0626 e. The molecule has 1 unspecified atom stereocenters. The summed E-state index contributed by atoms with van der Waals surface area (Å²) in [7, 11) is 0. The van der Waals surface area contributed by atoms with Crippen LogP contribution in [0.4, 0.5) is 0 Å². The van der Waals surface area contributed by atoms with Gasteiger partial charge < -0.3 is 18.8 Å². The second-order valence-electron chi connectivity index (χ2n) is 12.2. The van der Waals surface area contributed by atoms with E-state index < -0.39 is 0 Å². The van der Waals surface area contributed by atoms with E-state index >= 15 is 0 Å². The van der Waals surface area contributed by atoms with Crippen LogP contribution in [0.5, 0.6) is 0 Å². The van der Waals surface area contributed by atoms with E-state index in [1.54, 1.807) is 0 Å². The van der Waals surface area contributed by atoms with Crippen molar-refractivity contribution in [3.05, 3.63) is 107 Å². The number of aromatic nitrogens is 6. The van der Waals surface area contributed by atoms with Crippen molar-refractivity contribution < 1.29 is 20.1 Å². The number of imidazole rings is 2. The molecular formula is C38H36IrN6-2. The van der Waals surface area contributed by atoms with E-state index in [0.717, 1.165) is 74.2 Å². The third-order valence-corrected chi connectivity index (χ3v) is 8.67. The van der Waals surface area contributed by atoms with Crippen LogP contribution in [0.15, 0.2) is 60.9 Å². The molecule has 0 aliphatic rings. The number of hydrogen-bond donors (Lipinski definition) is 0. The summed E-state index contributed by atoms with van der Waals surface area (Å²) >= 11 is 0. The maximum atomic E-state index is 5.03. The molecule has 0 aliphatic heterocycles. The molecule has 0 amide bonds. The van der Waals surface area contributed by atoms with Gasteiger partial charge in [-0.1, -0.05) is 62.2 Å². The second kappa shape index (κ2) is 12.0. The van der Waals surface area contributed by atoms with Gasteiger partial charge in [-0.2, -0.15) is 0 Å². The zero-order valence-electron chi connectivity index (χ0n) is 26.8. The van der Waals surface area contributed by atoms with Gasteiger partial charge in [0.05, 0.1) is 11.3 Å². The van der Waals surface area contributed by atoms with E-state index in [0.29, 0.717) is 5.92 Å². The van der Waals surface area contributed by atoms with Gasteiger partial charge in [-0.15, -0.1) is 24.3 Å². The van der Waals surface area contributed by atoms with E-state index in [9.17, 15) is 0 Å². The van der Waals surface area contributed by atoms with Gasteiger partial charge in [-0.3, -0.25) is 9.97 Å². The van der Waals surface area contributed by atoms with Crippen LogP contribution in [0.1, 0.15) is 54.2 Å². The fourth-order valence-corrected chi connectivity index (χ4v) is 6.31. The summed E-state index contributed by atoms with van der Waals surface area (Å²) in [5, 5.41) is 4.40. The number of fused-ring (bicyclic) bond motifs is 12. The minimum absolute atomic E-state index is 0. The summed E-state index contributed by atoms with van der Waals surface area (Å²) in [4.78, 5) is 19.1. The number of rotatable bonds is 3. The Morgan fingerprint density at radius 3 is 1.71 bits per heavy atom. The molecule has 2 aromatic carbocycles. The van der Waals surface area contributed by atoms with Gasteiger partial charge in [0.1, 0.15) is 0 Å². The Bertz CT molecular complexity index is 2380. The number of pyridine rings is 4. The SMILES string of the molecule is CCC(C)Cc1c[c-]c2c(n1)c1c(C)cccc1n1cc(C)nc21.Cc1c[c-]c2c(n1)c1c(C)cccc1n1cc(C)nc21.[Ir]. The van der Waals surface area contributed by atoms with Crippen molar-refractivity contribution in [2.75, 3.05) is 0 Å². The molecule has 0 saturated heterocycles. The van der Waals surface area contributed by atoms with E-state index in [2.05, 4.69) is 102 Å². The second-order valence-corrected chi connectivity index (χ2v) is 12.2. The van der Waals surface area contributed by atoms with E-state index in [1.165, 1.54) is 27.4 Å². The molecular weight excluding hydrogens is 733 g/mol. The van der Waals surface area contributed by atoms with Crippen LogP contribution < -0.4 is 0 Å². The van der Waals surface area contributed by atoms with Gasteiger partial charge in [0.25, 0.3) is 0 Å². The van der Waals surface area contributed by atoms with Crippen molar-refractivity contribution in [1.82, 2.24) is 28.7 Å². The predicted octanol–water partition coefficient (Wildman–Crippen LogP) is 8.80. The summed E-state index contributed by atoms with van der Waals surface area (Å²) in [6, 6.07) is 23.5. The standard InChI is InChI=1S/C21H22N3.C17H14N3.Ir/c1-5-13(2)11-16-9-10-17-20(23-16)19-14(3)7-6-8-18(19)24-12-15(4)22-21(17)24;1-10-5-4-6-14-15(10)16-13(8-7-11(2)18-16)17-19-12(3)9-20(14)17;/h6-9,12-13H,5,11H2,1-4H3;4-7,9H,1-3H3;/q2*-1;. The van der Waals surface area contributed by atoms with Gasteiger partial charge in [0, 0.05) is 54.9 Å². The first-order valence-corrected chi connectivity index (χ1v) is 15.4. The van der Waals surface area contributed by atoms with Crippen molar-refractivity contribution >= 4 is 54.9 Å². The van der Waals surface area contributed by atoms with Crippen molar-refractivity contribution in [2.24, 2.45) is 5.92 Å². The molecule has 0 N–H and O–H groups in total. The van der Waals surface area contributed by atoms with Crippen LogP contribution >= 0.6 is 0 Å². The molecule has 229 valence electrons. The fourth-order valence-electron chi connectivity index (χ4n) is 6.31. The first kappa shape index (κ1) is 30.8. The molecule has 8 aromatic rings. The van der Waals surface area contributed by atoms with Crippen LogP contribution in [0.3, 0.4) is 0 Å². The van der Waals surface area contributed by atoms with Crippen molar-refractivity contribution in [2.45, 2.75) is 61.3 Å². The first-order chi connectivity index (χ1) is 21.2. The third kappa shape index (κ3) is 5.28. The molecule has 6 aromatic heterocycles. The zero-order chi connectivity index (χ0) is 30.7. The summed E-state index contributed by atoms with van der Waals surface area (Å²) < 4.78 is 4.32. The summed E-state index contributed by atoms with van der Waals surface area (Å²) in [6.45, 7) is 14.8. The molecule has 45 heavy (non-hydrogen) atoms. The quantitative estimate of drug-likeness (QED) is 0.133. The molecule has 6 nitrogen and oxygen atoms in total. The molecule has 8 rings (SSSR count). The summed E-state index contributed by atoms with van der Waals surface area (Å²) in [5.41, 5.74) is 12.8. The maximum absolute atomic E-state index is 5.03. The monoisotopic (exact) mass is 769 g/mol. The average Bonchev–Trinajstić information content (AvgIpc) is 3.60. The summed E-state index contributed by atoms with van der Waals surface area (Å²) in [5.74, 6) is 0.633. The topological polar surface area (TPSA) is 60.4 Å². The number of benzene rings is 2. The number of aryl methyl sites for hydroxylation is 5. The number of nitrogens with zero attached hydrogens (tertiary/aromatic N) is 6. The largest absolute Gasteiger partial charge is 0.348 e. The number of hydrogen-bond acceptors (Lipinski definition) is 4. The van der Waals surface area contributed by atoms with Crippen LogP contribution in [0, 0.1) is 52.7 Å². The molecule has 6 heterocycles. The van der Waals surface area contributed by atoms with Gasteiger partial charge in [0.2, 0.25) is 0 Å². The molecule has 0 fully saturated rings. The normalized spacial score (nSPS) is 12.2. The van der Waals surface area contributed by atoms with Gasteiger partial charge in [0.15, 0.2) is 0 Å². The zero-order valence-corrected chi connectivity index (χ0v) is 29.2. The molecule has 1 radical (unpaired) electrons. The van der Waals surface area contributed by atoms with Gasteiger partial charge >= 0.3 is 0 Å². The minimum atomic E-state index is 0. The molecule has 1 atom stereocenters. The molecule has 0 aliphatic carbocycles. The van der Waals surface area contributed by atoms with E-state index in [1.807, 2.05) is 32.9 Å². The predicted molar refractivity (Wildman–Crippen MR) is 181 cm³/mol. The summed E-state index contributed by atoms with van der Waals surface area (Å²) in [6.07, 6.45) is 6.33. The van der Waals surface area contributed by atoms with Gasteiger partial charge in [-0.25, -0.2) is 0 Å². The Hall–Kier alpha value is -4.19. The van der Waals surface area contributed by atoms with Crippen molar-refractivity contribution in [1.29, 1.82) is 0 Å². The van der Waals surface area contributed by atoms with Crippen LogP contribution in [0.25, 0.3) is 54.9 Å². The van der Waals surface area contributed by atoms with Crippen LogP contribution in [-0.2, 0) is 26.5 Å². The van der Waals surface area contributed by atoms with Crippen molar-refractivity contribution in [3.8, 4) is 0 Å². The van der Waals surface area contributed by atoms with Crippen molar-refractivity contribution in [3.63, 3.8) is 0 Å².